The zero-order chi connectivity index (χ0) is 49.1. The van der Waals surface area contributed by atoms with E-state index in [0.29, 0.717) is 0 Å². The van der Waals surface area contributed by atoms with Crippen LogP contribution in [0.15, 0.2) is 182 Å². The third-order valence-corrected chi connectivity index (χ3v) is 15.0. The molecule has 0 atom stereocenters. The molecular weight excluding hydrogens is 845 g/mol. The van der Waals surface area contributed by atoms with E-state index in [1.807, 2.05) is 0 Å². The molecule has 0 radical (unpaired) electrons. The molecule has 0 unspecified atom stereocenters. The van der Waals surface area contributed by atoms with Gasteiger partial charge >= 0.3 is 0 Å². The summed E-state index contributed by atoms with van der Waals surface area (Å²) in [6, 6.07) is 69.5. The first-order chi connectivity index (χ1) is 33.2. The second-order valence-corrected chi connectivity index (χ2v) is 24.0. The molecule has 11 rings (SSSR count). The zero-order valence-electron chi connectivity index (χ0n) is 43.2. The molecular formula is C68H66N2. The number of hydrogen-bond donors (Lipinski definition) is 0. The molecule has 0 fully saturated rings. The van der Waals surface area contributed by atoms with Crippen molar-refractivity contribution >= 4 is 71.2 Å². The largest absolute Gasteiger partial charge is 0.310 e. The molecule has 0 amide bonds. The van der Waals surface area contributed by atoms with Gasteiger partial charge in [-0.25, -0.2) is 0 Å². The van der Waals surface area contributed by atoms with Crippen molar-refractivity contribution in [1.29, 1.82) is 0 Å². The Balaban J connectivity index is 1.16. The standard InChI is InChI=1S/C68H66N2/c1-65(2,3)49-26-18-45(19-27-49)48-38-52(68(10,11)12)40-54(39-48)69(53-30-20-44(21-31-53)43-16-14-13-15-17-43)59-34-24-46-23-33-56-60(35-25-47-22-32-55(59)63(46)64(47)56)70-61-36-28-50(66(4,5)6)41-57(61)58-42-51(67(7,8)9)29-37-62(58)70/h13-42H,1-12H3. The van der Waals surface area contributed by atoms with Gasteiger partial charge in [-0.2, -0.15) is 0 Å². The molecule has 11 aromatic rings. The van der Waals surface area contributed by atoms with Crippen LogP contribution in [0.2, 0.25) is 0 Å². The van der Waals surface area contributed by atoms with Gasteiger partial charge in [0.1, 0.15) is 0 Å². The normalized spacial score (nSPS) is 12.9. The fraction of sp³-hybridized carbons (Fsp3) is 0.235. The van der Waals surface area contributed by atoms with Crippen LogP contribution < -0.4 is 4.90 Å². The van der Waals surface area contributed by atoms with Gasteiger partial charge in [-0.05, 0) is 148 Å². The van der Waals surface area contributed by atoms with Gasteiger partial charge in [-0.15, -0.1) is 0 Å². The van der Waals surface area contributed by atoms with Gasteiger partial charge in [0.15, 0.2) is 0 Å². The Morgan fingerprint density at radius 2 is 0.786 bits per heavy atom. The first kappa shape index (κ1) is 45.3. The summed E-state index contributed by atoms with van der Waals surface area (Å²) in [5.41, 5.74) is 17.3. The van der Waals surface area contributed by atoms with E-state index in [4.69, 9.17) is 0 Å². The SMILES string of the molecule is CC(C)(C)c1ccc(-c2cc(N(c3ccc(-c4ccccc4)cc3)c3ccc4ccc5c(-n6c7ccc(C(C)(C)C)cc7c7cc(C(C)(C)C)ccc76)ccc6ccc3c4c65)cc(C(C)(C)C)c2)cc1. The molecule has 0 spiro atoms. The van der Waals surface area contributed by atoms with Crippen LogP contribution in [-0.4, -0.2) is 4.57 Å². The average Bonchev–Trinajstić information content (AvgIpc) is 3.66. The lowest BCUT2D eigenvalue weighted by Gasteiger charge is -2.30. The van der Waals surface area contributed by atoms with Gasteiger partial charge < -0.3 is 9.47 Å². The summed E-state index contributed by atoms with van der Waals surface area (Å²) < 4.78 is 2.53. The van der Waals surface area contributed by atoms with E-state index < -0.39 is 0 Å². The first-order valence-corrected chi connectivity index (χ1v) is 25.2. The summed E-state index contributed by atoms with van der Waals surface area (Å²) in [5.74, 6) is 0. The van der Waals surface area contributed by atoms with Crippen molar-refractivity contribution < 1.29 is 0 Å². The lowest BCUT2D eigenvalue weighted by molar-refractivity contribution is 0.590. The van der Waals surface area contributed by atoms with E-state index in [2.05, 4.69) is 275 Å². The number of aromatic nitrogens is 1. The summed E-state index contributed by atoms with van der Waals surface area (Å²) in [7, 11) is 0. The van der Waals surface area contributed by atoms with Crippen molar-refractivity contribution in [1.82, 2.24) is 4.57 Å². The summed E-state index contributed by atoms with van der Waals surface area (Å²) >= 11 is 0. The van der Waals surface area contributed by atoms with Gasteiger partial charge in [0.25, 0.3) is 0 Å². The van der Waals surface area contributed by atoms with Crippen LogP contribution in [-0.2, 0) is 21.7 Å². The molecule has 1 heterocycles. The molecule has 10 aromatic carbocycles. The number of anilines is 3. The Kier molecular flexibility index (Phi) is 10.5. The molecule has 0 aliphatic carbocycles. The summed E-state index contributed by atoms with van der Waals surface area (Å²) in [5, 5.41) is 10.2. The quantitative estimate of drug-likeness (QED) is 0.151. The van der Waals surface area contributed by atoms with Crippen molar-refractivity contribution in [3.63, 3.8) is 0 Å². The molecule has 70 heavy (non-hydrogen) atoms. The number of nitrogens with zero attached hydrogens (tertiary/aromatic N) is 2. The second kappa shape index (κ2) is 16.2. The Labute approximate surface area is 415 Å². The molecule has 0 aliphatic heterocycles. The van der Waals surface area contributed by atoms with E-state index in [-0.39, 0.29) is 21.7 Å². The van der Waals surface area contributed by atoms with Crippen molar-refractivity contribution in [3.05, 3.63) is 204 Å². The molecule has 2 heteroatoms. The van der Waals surface area contributed by atoms with E-state index in [1.54, 1.807) is 0 Å². The van der Waals surface area contributed by atoms with Gasteiger partial charge in [0.2, 0.25) is 0 Å². The maximum absolute atomic E-state index is 2.53. The number of fused-ring (bicyclic) bond motifs is 3. The lowest BCUT2D eigenvalue weighted by Crippen LogP contribution is -2.15. The second-order valence-electron chi connectivity index (χ2n) is 24.0. The lowest BCUT2D eigenvalue weighted by atomic mass is 9.83. The molecule has 348 valence electrons. The van der Waals surface area contributed by atoms with Crippen LogP contribution in [0.25, 0.3) is 82.1 Å². The maximum Gasteiger partial charge on any atom is 0.0541 e. The number of rotatable bonds is 6. The van der Waals surface area contributed by atoms with E-state index in [0.717, 1.165) is 17.1 Å². The maximum atomic E-state index is 2.53. The fourth-order valence-electron chi connectivity index (χ4n) is 10.7. The molecule has 0 bridgehead atoms. The molecule has 0 aliphatic rings. The summed E-state index contributed by atoms with van der Waals surface area (Å²) in [4.78, 5) is 2.51. The van der Waals surface area contributed by atoms with Crippen LogP contribution >= 0.6 is 0 Å². The van der Waals surface area contributed by atoms with E-state index >= 15 is 0 Å². The highest BCUT2D eigenvalue weighted by Gasteiger charge is 2.26. The van der Waals surface area contributed by atoms with Crippen molar-refractivity contribution in [2.75, 3.05) is 4.90 Å². The van der Waals surface area contributed by atoms with Gasteiger partial charge in [-0.3, -0.25) is 0 Å². The smallest absolute Gasteiger partial charge is 0.0541 e. The molecule has 0 N–H and O–H groups in total. The van der Waals surface area contributed by atoms with Gasteiger partial charge in [0.05, 0.1) is 22.4 Å². The molecule has 1 aromatic heterocycles. The van der Waals surface area contributed by atoms with Crippen LogP contribution in [0, 0.1) is 0 Å². The zero-order valence-corrected chi connectivity index (χ0v) is 43.2. The van der Waals surface area contributed by atoms with E-state index in [9.17, 15) is 0 Å². The van der Waals surface area contributed by atoms with Crippen LogP contribution in [0.3, 0.4) is 0 Å². The minimum Gasteiger partial charge on any atom is -0.310 e. The topological polar surface area (TPSA) is 8.17 Å². The minimum absolute atomic E-state index is 0.0279. The highest BCUT2D eigenvalue weighted by molar-refractivity contribution is 6.27. The molecule has 0 saturated carbocycles. The van der Waals surface area contributed by atoms with Crippen LogP contribution in [0.4, 0.5) is 17.1 Å². The summed E-state index contributed by atoms with van der Waals surface area (Å²) in [6.45, 7) is 27.7. The van der Waals surface area contributed by atoms with Crippen LogP contribution in [0.1, 0.15) is 105 Å². The minimum atomic E-state index is -0.0898. The van der Waals surface area contributed by atoms with Gasteiger partial charge in [0, 0.05) is 32.9 Å². The third kappa shape index (κ3) is 7.83. The first-order valence-electron chi connectivity index (χ1n) is 25.2. The van der Waals surface area contributed by atoms with Crippen molar-refractivity contribution in [2.45, 2.75) is 105 Å². The molecule has 0 saturated heterocycles. The Morgan fingerprint density at radius 1 is 0.314 bits per heavy atom. The summed E-state index contributed by atoms with van der Waals surface area (Å²) in [6.07, 6.45) is 0. The Bertz CT molecular complexity index is 3690. The predicted molar refractivity (Wildman–Crippen MR) is 305 cm³/mol. The third-order valence-electron chi connectivity index (χ3n) is 15.0. The molecule has 2 nitrogen and oxygen atoms in total. The van der Waals surface area contributed by atoms with E-state index in [1.165, 1.54) is 104 Å². The Hall–Kier alpha value is -7.16. The van der Waals surface area contributed by atoms with Crippen molar-refractivity contribution in [2.24, 2.45) is 0 Å². The average molecular weight is 911 g/mol. The highest BCUT2D eigenvalue weighted by atomic mass is 15.1. The monoisotopic (exact) mass is 911 g/mol. The Morgan fingerprint density at radius 3 is 1.36 bits per heavy atom. The van der Waals surface area contributed by atoms with Crippen LogP contribution in [0.5, 0.6) is 0 Å². The fourth-order valence-corrected chi connectivity index (χ4v) is 10.7. The number of hydrogen-bond acceptors (Lipinski definition) is 1. The predicted octanol–water partition coefficient (Wildman–Crippen LogP) is 19.7. The highest BCUT2D eigenvalue weighted by Crippen LogP contribution is 2.48. The van der Waals surface area contributed by atoms with Crippen molar-refractivity contribution in [3.8, 4) is 27.9 Å². The van der Waals surface area contributed by atoms with Gasteiger partial charge in [-0.1, -0.05) is 204 Å². The number of benzene rings is 10.